The van der Waals surface area contributed by atoms with E-state index in [9.17, 15) is 18.0 Å². The van der Waals surface area contributed by atoms with Crippen molar-refractivity contribution >= 4 is 17.3 Å². The van der Waals surface area contributed by atoms with E-state index in [4.69, 9.17) is 11.6 Å². The van der Waals surface area contributed by atoms with Crippen molar-refractivity contribution in [3.8, 4) is 5.82 Å². The van der Waals surface area contributed by atoms with Crippen molar-refractivity contribution < 1.29 is 13.2 Å². The molecular formula is C16H18ClF3N4O. The molecule has 0 aliphatic heterocycles. The molecule has 0 unspecified atom stereocenters. The summed E-state index contributed by atoms with van der Waals surface area (Å²) >= 11 is 6.18. The lowest BCUT2D eigenvalue weighted by molar-refractivity contribution is -0.137. The molecule has 25 heavy (non-hydrogen) atoms. The Morgan fingerprint density at radius 1 is 1.24 bits per heavy atom. The molecule has 2 aromatic rings. The van der Waals surface area contributed by atoms with Crippen molar-refractivity contribution in [1.82, 2.24) is 14.8 Å². The van der Waals surface area contributed by atoms with Crippen LogP contribution in [0.25, 0.3) is 5.82 Å². The van der Waals surface area contributed by atoms with E-state index in [1.165, 1.54) is 6.20 Å². The Hall–Kier alpha value is -2.09. The number of pyridine rings is 1. The quantitative estimate of drug-likeness (QED) is 0.768. The molecule has 0 fully saturated rings. The average Bonchev–Trinajstić information content (AvgIpc) is 2.58. The standard InChI is InChI=1S/C16H18ClF3N4O/c1-3-5-8-23(4-2)12-10-22-24(15(25)14(12)17)13-7-6-11(9-21-13)16(18,19)20/h6-7,9-10H,3-5,8H2,1-2H3. The van der Waals surface area contributed by atoms with Crippen LogP contribution in [0.1, 0.15) is 32.3 Å². The van der Waals surface area contributed by atoms with Crippen molar-refractivity contribution in [2.75, 3.05) is 18.0 Å². The summed E-state index contributed by atoms with van der Waals surface area (Å²) in [5.74, 6) is -0.0249. The number of hydrogen-bond donors (Lipinski definition) is 0. The van der Waals surface area contributed by atoms with Crippen LogP contribution in [0.2, 0.25) is 5.02 Å². The zero-order chi connectivity index (χ0) is 18.6. The Labute approximate surface area is 148 Å². The Morgan fingerprint density at radius 2 is 1.96 bits per heavy atom. The zero-order valence-electron chi connectivity index (χ0n) is 13.8. The van der Waals surface area contributed by atoms with Gasteiger partial charge in [-0.25, -0.2) is 4.98 Å². The lowest BCUT2D eigenvalue weighted by Crippen LogP contribution is -2.29. The summed E-state index contributed by atoms with van der Waals surface area (Å²) in [5.41, 5.74) is -1.02. The van der Waals surface area contributed by atoms with E-state index in [0.29, 0.717) is 18.4 Å². The van der Waals surface area contributed by atoms with Crippen molar-refractivity contribution in [3.63, 3.8) is 0 Å². The summed E-state index contributed by atoms with van der Waals surface area (Å²) in [6, 6.07) is 1.93. The van der Waals surface area contributed by atoms with Gasteiger partial charge in [-0.15, -0.1) is 0 Å². The minimum atomic E-state index is -4.49. The van der Waals surface area contributed by atoms with Gasteiger partial charge in [0.05, 0.1) is 17.4 Å². The summed E-state index contributed by atoms with van der Waals surface area (Å²) in [4.78, 5) is 18.1. The Balaban J connectivity index is 2.38. The van der Waals surface area contributed by atoms with Crippen LogP contribution < -0.4 is 10.5 Å². The van der Waals surface area contributed by atoms with Crippen LogP contribution in [-0.2, 0) is 6.18 Å². The van der Waals surface area contributed by atoms with Gasteiger partial charge in [-0.2, -0.15) is 23.0 Å². The van der Waals surface area contributed by atoms with Crippen LogP contribution >= 0.6 is 11.6 Å². The van der Waals surface area contributed by atoms with E-state index in [1.54, 1.807) is 0 Å². The Morgan fingerprint density at radius 3 is 2.48 bits per heavy atom. The molecule has 0 saturated heterocycles. The second-order valence-corrected chi connectivity index (χ2v) is 5.77. The van der Waals surface area contributed by atoms with Gasteiger partial charge < -0.3 is 4.90 Å². The largest absolute Gasteiger partial charge is 0.417 e. The molecule has 2 aromatic heterocycles. The first-order valence-electron chi connectivity index (χ1n) is 7.86. The minimum Gasteiger partial charge on any atom is -0.369 e. The molecule has 0 aliphatic carbocycles. The first-order chi connectivity index (χ1) is 11.8. The van der Waals surface area contributed by atoms with Crippen LogP contribution in [0.5, 0.6) is 0 Å². The topological polar surface area (TPSA) is 51.0 Å². The van der Waals surface area contributed by atoms with Gasteiger partial charge >= 0.3 is 6.18 Å². The molecule has 0 bridgehead atoms. The molecule has 0 spiro atoms. The average molecular weight is 375 g/mol. The molecule has 2 heterocycles. The van der Waals surface area contributed by atoms with Gasteiger partial charge in [-0.3, -0.25) is 4.79 Å². The lowest BCUT2D eigenvalue weighted by Gasteiger charge is -2.23. The van der Waals surface area contributed by atoms with Crippen LogP contribution in [0, 0.1) is 0 Å². The van der Waals surface area contributed by atoms with E-state index in [2.05, 4.69) is 17.0 Å². The highest BCUT2D eigenvalue weighted by atomic mass is 35.5. The molecule has 0 aromatic carbocycles. The van der Waals surface area contributed by atoms with Crippen LogP contribution in [0.3, 0.4) is 0 Å². The highest BCUT2D eigenvalue weighted by Gasteiger charge is 2.30. The van der Waals surface area contributed by atoms with Gasteiger partial charge in [0.2, 0.25) is 0 Å². The number of unbranched alkanes of at least 4 members (excludes halogenated alkanes) is 1. The second kappa shape index (κ2) is 7.86. The summed E-state index contributed by atoms with van der Waals surface area (Å²) in [5, 5.41) is 3.98. The molecule has 5 nitrogen and oxygen atoms in total. The third-order valence-electron chi connectivity index (χ3n) is 3.70. The fourth-order valence-electron chi connectivity index (χ4n) is 2.28. The number of halogens is 4. The Kier molecular flexibility index (Phi) is 6.05. The normalized spacial score (nSPS) is 11.6. The second-order valence-electron chi connectivity index (χ2n) is 5.40. The van der Waals surface area contributed by atoms with E-state index in [-0.39, 0.29) is 10.8 Å². The van der Waals surface area contributed by atoms with E-state index in [0.717, 1.165) is 36.2 Å². The number of anilines is 1. The van der Waals surface area contributed by atoms with Crippen molar-refractivity contribution in [2.24, 2.45) is 0 Å². The first kappa shape index (κ1) is 19.2. The monoisotopic (exact) mass is 374 g/mol. The number of hydrogen-bond acceptors (Lipinski definition) is 4. The highest BCUT2D eigenvalue weighted by molar-refractivity contribution is 6.33. The zero-order valence-corrected chi connectivity index (χ0v) is 14.6. The van der Waals surface area contributed by atoms with Gasteiger partial charge in [-0.1, -0.05) is 24.9 Å². The summed E-state index contributed by atoms with van der Waals surface area (Å²) in [6.45, 7) is 5.39. The molecule has 136 valence electrons. The van der Waals surface area contributed by atoms with Gasteiger partial charge in [0.15, 0.2) is 5.82 Å². The molecule has 0 atom stereocenters. The molecule has 2 rings (SSSR count). The predicted molar refractivity (Wildman–Crippen MR) is 90.4 cm³/mol. The van der Waals surface area contributed by atoms with Crippen molar-refractivity contribution in [1.29, 1.82) is 0 Å². The van der Waals surface area contributed by atoms with Crippen LogP contribution in [0.15, 0.2) is 29.3 Å². The number of alkyl halides is 3. The SMILES string of the molecule is CCCCN(CC)c1cnn(-c2ccc(C(F)(F)F)cn2)c(=O)c1Cl. The van der Waals surface area contributed by atoms with Crippen molar-refractivity contribution in [2.45, 2.75) is 32.9 Å². The molecular weight excluding hydrogens is 357 g/mol. The van der Waals surface area contributed by atoms with Crippen LogP contribution in [0.4, 0.5) is 18.9 Å². The fourth-order valence-corrected chi connectivity index (χ4v) is 2.53. The maximum atomic E-state index is 12.6. The van der Waals surface area contributed by atoms with E-state index < -0.39 is 17.3 Å². The minimum absolute atomic E-state index is 0.0249. The molecule has 9 heteroatoms. The number of aromatic nitrogens is 3. The fraction of sp³-hybridized carbons (Fsp3) is 0.438. The van der Waals surface area contributed by atoms with E-state index >= 15 is 0 Å². The van der Waals surface area contributed by atoms with Crippen LogP contribution in [-0.4, -0.2) is 27.9 Å². The Bertz CT molecular complexity index is 774. The first-order valence-corrected chi connectivity index (χ1v) is 8.23. The van der Waals surface area contributed by atoms with Gasteiger partial charge in [0.25, 0.3) is 5.56 Å². The molecule has 0 amide bonds. The van der Waals surface area contributed by atoms with Gasteiger partial charge in [-0.05, 0) is 25.5 Å². The summed E-state index contributed by atoms with van der Waals surface area (Å²) < 4.78 is 38.7. The lowest BCUT2D eigenvalue weighted by atomic mass is 10.3. The number of nitrogens with zero attached hydrogens (tertiary/aromatic N) is 4. The smallest absolute Gasteiger partial charge is 0.369 e. The molecule has 0 N–H and O–H groups in total. The molecule has 0 aliphatic rings. The van der Waals surface area contributed by atoms with Gasteiger partial charge in [0, 0.05) is 19.3 Å². The maximum absolute atomic E-state index is 12.6. The summed E-state index contributed by atoms with van der Waals surface area (Å²) in [6.07, 6.45) is -0.471. The third-order valence-corrected chi connectivity index (χ3v) is 4.05. The van der Waals surface area contributed by atoms with Crippen molar-refractivity contribution in [3.05, 3.63) is 45.5 Å². The van der Waals surface area contributed by atoms with Gasteiger partial charge in [0.1, 0.15) is 5.02 Å². The highest BCUT2D eigenvalue weighted by Crippen LogP contribution is 2.28. The van der Waals surface area contributed by atoms with E-state index in [1.807, 2.05) is 11.8 Å². The third kappa shape index (κ3) is 4.31. The molecule has 0 radical (unpaired) electrons. The molecule has 0 saturated carbocycles. The maximum Gasteiger partial charge on any atom is 0.417 e. The number of rotatable bonds is 6. The predicted octanol–water partition coefficient (Wildman–Crippen LogP) is 3.93. The summed E-state index contributed by atoms with van der Waals surface area (Å²) in [7, 11) is 0.